The van der Waals surface area contributed by atoms with E-state index < -0.39 is 4.92 Å². The van der Waals surface area contributed by atoms with Gasteiger partial charge >= 0.3 is 0 Å². The molecule has 6 heteroatoms. The Balaban J connectivity index is 2.12. The van der Waals surface area contributed by atoms with Crippen molar-refractivity contribution >= 4 is 17.3 Å². The van der Waals surface area contributed by atoms with Crippen LogP contribution in [-0.4, -0.2) is 23.9 Å². The molecule has 6 nitrogen and oxygen atoms in total. The van der Waals surface area contributed by atoms with Crippen molar-refractivity contribution in [2.75, 3.05) is 18.4 Å². The molecule has 0 bridgehead atoms. The van der Waals surface area contributed by atoms with Crippen molar-refractivity contribution in [2.24, 2.45) is 5.41 Å². The zero-order valence-corrected chi connectivity index (χ0v) is 11.7. The smallest absolute Gasteiger partial charge is 0.293 e. The van der Waals surface area contributed by atoms with Crippen molar-refractivity contribution in [1.29, 1.82) is 0 Å². The molecular formula is C14H19N3O3. The van der Waals surface area contributed by atoms with Crippen LogP contribution >= 0.6 is 0 Å². The second-order valence-corrected chi connectivity index (χ2v) is 5.51. The number of hydrogen-bond acceptors (Lipinski definition) is 4. The highest BCUT2D eigenvalue weighted by Gasteiger charge is 2.37. The molecule has 0 atom stereocenters. The zero-order valence-electron chi connectivity index (χ0n) is 11.7. The Kier molecular flexibility index (Phi) is 3.92. The topological polar surface area (TPSA) is 84.3 Å². The molecule has 0 radical (unpaired) electrons. The van der Waals surface area contributed by atoms with Crippen molar-refractivity contribution in [3.8, 4) is 0 Å². The predicted molar refractivity (Wildman–Crippen MR) is 76.9 cm³/mol. The number of nitro groups is 1. The van der Waals surface area contributed by atoms with Crippen LogP contribution in [0.25, 0.3) is 0 Å². The highest BCUT2D eigenvalue weighted by Crippen LogP contribution is 2.44. The van der Waals surface area contributed by atoms with E-state index in [2.05, 4.69) is 17.6 Å². The normalized spacial score (nSPS) is 15.5. The summed E-state index contributed by atoms with van der Waals surface area (Å²) in [5.41, 5.74) is 0.897. The minimum absolute atomic E-state index is 0.0721. The van der Waals surface area contributed by atoms with Crippen LogP contribution < -0.4 is 10.6 Å². The van der Waals surface area contributed by atoms with Gasteiger partial charge in [0.2, 0.25) is 0 Å². The van der Waals surface area contributed by atoms with E-state index in [1.54, 1.807) is 12.1 Å². The highest BCUT2D eigenvalue weighted by atomic mass is 16.6. The van der Waals surface area contributed by atoms with E-state index in [4.69, 9.17) is 0 Å². The van der Waals surface area contributed by atoms with E-state index in [1.165, 1.54) is 6.07 Å². The Labute approximate surface area is 117 Å². The molecular weight excluding hydrogens is 258 g/mol. The maximum absolute atomic E-state index is 12.0. The summed E-state index contributed by atoms with van der Waals surface area (Å²) in [6.45, 7) is 5.18. The molecule has 0 aliphatic heterocycles. The average Bonchev–Trinajstić information content (AvgIpc) is 3.15. The number of nitrogens with one attached hydrogen (secondary N) is 2. The van der Waals surface area contributed by atoms with Crippen LogP contribution in [0.5, 0.6) is 0 Å². The van der Waals surface area contributed by atoms with E-state index >= 15 is 0 Å². The molecule has 2 rings (SSSR count). The number of amides is 1. The lowest BCUT2D eigenvalue weighted by Crippen LogP contribution is -2.29. The maximum Gasteiger partial charge on any atom is 0.293 e. The quantitative estimate of drug-likeness (QED) is 0.618. The summed E-state index contributed by atoms with van der Waals surface area (Å²) in [5.74, 6) is -0.260. The lowest BCUT2D eigenvalue weighted by molar-refractivity contribution is -0.384. The van der Waals surface area contributed by atoms with Crippen LogP contribution in [0.15, 0.2) is 18.2 Å². The van der Waals surface area contributed by atoms with Crippen molar-refractivity contribution < 1.29 is 9.72 Å². The molecule has 1 aromatic rings. The van der Waals surface area contributed by atoms with E-state index in [1.807, 2.05) is 6.92 Å². The molecule has 0 heterocycles. The Hall–Kier alpha value is -2.11. The summed E-state index contributed by atoms with van der Waals surface area (Å²) in [4.78, 5) is 22.6. The van der Waals surface area contributed by atoms with Gasteiger partial charge in [0.1, 0.15) is 5.69 Å². The van der Waals surface area contributed by atoms with Crippen molar-refractivity contribution in [3.05, 3.63) is 33.9 Å². The minimum Gasteiger partial charge on any atom is -0.380 e. The number of nitro benzene ring substituents is 1. The van der Waals surface area contributed by atoms with Gasteiger partial charge < -0.3 is 10.6 Å². The molecule has 0 aromatic heterocycles. The number of benzene rings is 1. The zero-order chi connectivity index (χ0) is 14.8. The molecule has 1 aliphatic carbocycles. The second-order valence-electron chi connectivity index (χ2n) is 5.51. The summed E-state index contributed by atoms with van der Waals surface area (Å²) in [5, 5.41) is 16.8. The minimum atomic E-state index is -0.475. The largest absolute Gasteiger partial charge is 0.380 e. The standard InChI is InChI=1S/C14H19N3O3/c1-3-15-11-5-4-10(8-12(11)17(19)20)13(18)16-9-14(2)6-7-14/h4-5,8,15H,3,6-7,9H2,1-2H3,(H,16,18). The Morgan fingerprint density at radius 3 is 2.70 bits per heavy atom. The van der Waals surface area contributed by atoms with Gasteiger partial charge in [-0.1, -0.05) is 6.92 Å². The molecule has 1 amide bonds. The van der Waals surface area contributed by atoms with Gasteiger partial charge in [-0.25, -0.2) is 0 Å². The first kappa shape index (κ1) is 14.3. The molecule has 0 unspecified atom stereocenters. The molecule has 0 saturated heterocycles. The monoisotopic (exact) mass is 277 g/mol. The van der Waals surface area contributed by atoms with Crippen LogP contribution in [0.1, 0.15) is 37.0 Å². The van der Waals surface area contributed by atoms with Gasteiger partial charge in [0, 0.05) is 24.7 Å². The summed E-state index contributed by atoms with van der Waals surface area (Å²) in [6, 6.07) is 4.51. The van der Waals surface area contributed by atoms with E-state index in [-0.39, 0.29) is 17.0 Å². The number of nitrogens with zero attached hydrogens (tertiary/aromatic N) is 1. The number of carbonyl (C=O) groups excluding carboxylic acids is 1. The summed E-state index contributed by atoms with van der Waals surface area (Å²) in [6.07, 6.45) is 2.24. The van der Waals surface area contributed by atoms with Crippen LogP contribution in [-0.2, 0) is 0 Å². The van der Waals surface area contributed by atoms with Crippen LogP contribution in [0.3, 0.4) is 0 Å². The third-order valence-electron chi connectivity index (χ3n) is 3.60. The average molecular weight is 277 g/mol. The van der Waals surface area contributed by atoms with Gasteiger partial charge in [0.05, 0.1) is 4.92 Å². The molecule has 2 N–H and O–H groups in total. The third kappa shape index (κ3) is 3.26. The van der Waals surface area contributed by atoms with E-state index in [0.717, 1.165) is 12.8 Å². The second kappa shape index (κ2) is 5.48. The van der Waals surface area contributed by atoms with Crippen molar-refractivity contribution in [3.63, 3.8) is 0 Å². The first-order chi connectivity index (χ1) is 9.45. The molecule has 108 valence electrons. The van der Waals surface area contributed by atoms with Gasteiger partial charge in [0.15, 0.2) is 0 Å². The summed E-state index contributed by atoms with van der Waals surface area (Å²) in [7, 11) is 0. The van der Waals surface area contributed by atoms with Gasteiger partial charge in [-0.3, -0.25) is 14.9 Å². The van der Waals surface area contributed by atoms with Crippen LogP contribution in [0.4, 0.5) is 11.4 Å². The van der Waals surface area contributed by atoms with Crippen molar-refractivity contribution in [1.82, 2.24) is 5.32 Å². The fourth-order valence-electron chi connectivity index (χ4n) is 1.95. The number of anilines is 1. The van der Waals surface area contributed by atoms with Gasteiger partial charge in [-0.15, -0.1) is 0 Å². The SMILES string of the molecule is CCNc1ccc(C(=O)NCC2(C)CC2)cc1[N+](=O)[O-]. The van der Waals surface area contributed by atoms with Gasteiger partial charge in [0.25, 0.3) is 11.6 Å². The van der Waals surface area contributed by atoms with E-state index in [0.29, 0.717) is 24.3 Å². The van der Waals surface area contributed by atoms with Crippen LogP contribution in [0.2, 0.25) is 0 Å². The highest BCUT2D eigenvalue weighted by molar-refractivity contribution is 5.95. The fourth-order valence-corrected chi connectivity index (χ4v) is 1.95. The summed E-state index contributed by atoms with van der Waals surface area (Å²) < 4.78 is 0. The first-order valence-electron chi connectivity index (χ1n) is 6.76. The van der Waals surface area contributed by atoms with E-state index in [9.17, 15) is 14.9 Å². The van der Waals surface area contributed by atoms with Crippen molar-refractivity contribution in [2.45, 2.75) is 26.7 Å². The molecule has 1 aromatic carbocycles. The Morgan fingerprint density at radius 2 is 2.15 bits per heavy atom. The maximum atomic E-state index is 12.0. The third-order valence-corrected chi connectivity index (χ3v) is 3.60. The summed E-state index contributed by atoms with van der Waals surface area (Å²) >= 11 is 0. The van der Waals surface area contributed by atoms with Gasteiger partial charge in [-0.05, 0) is 37.3 Å². The predicted octanol–water partition coefficient (Wildman–Crippen LogP) is 2.56. The molecule has 20 heavy (non-hydrogen) atoms. The fraction of sp³-hybridized carbons (Fsp3) is 0.500. The number of rotatable bonds is 6. The lowest BCUT2D eigenvalue weighted by atomic mass is 10.1. The first-order valence-corrected chi connectivity index (χ1v) is 6.76. The molecule has 1 aliphatic rings. The number of hydrogen-bond donors (Lipinski definition) is 2. The van der Waals surface area contributed by atoms with Gasteiger partial charge in [-0.2, -0.15) is 0 Å². The number of carbonyl (C=O) groups is 1. The lowest BCUT2D eigenvalue weighted by Gasteiger charge is -2.11. The molecule has 1 fully saturated rings. The molecule has 1 saturated carbocycles. The Bertz CT molecular complexity index is 538. The van der Waals surface area contributed by atoms with Crippen LogP contribution in [0, 0.1) is 15.5 Å². The molecule has 0 spiro atoms. The Morgan fingerprint density at radius 1 is 1.45 bits per heavy atom.